The van der Waals surface area contributed by atoms with Crippen LogP contribution in [0, 0.1) is 5.92 Å². The molecule has 3 heterocycles. The van der Waals surface area contributed by atoms with Gasteiger partial charge in [-0.25, -0.2) is 4.98 Å². The molecule has 0 bridgehead atoms. The normalized spacial score (nSPS) is 24.1. The van der Waals surface area contributed by atoms with Crippen LogP contribution in [0.2, 0.25) is 0 Å². The Bertz CT molecular complexity index is 538. The first kappa shape index (κ1) is 14.2. The summed E-state index contributed by atoms with van der Waals surface area (Å²) in [5.41, 5.74) is 1.16. The Balaban J connectivity index is 1.68. The van der Waals surface area contributed by atoms with Crippen molar-refractivity contribution in [2.45, 2.75) is 32.4 Å². The van der Waals surface area contributed by atoms with Gasteiger partial charge in [-0.15, -0.1) is 22.7 Å². The monoisotopic (exact) mass is 308 g/mol. The Kier molecular flexibility index (Phi) is 4.51. The molecule has 0 aromatic carbocycles. The van der Waals surface area contributed by atoms with Gasteiger partial charge in [0.2, 0.25) is 0 Å². The summed E-state index contributed by atoms with van der Waals surface area (Å²) in [7, 11) is 0. The Labute approximate surface area is 127 Å². The molecule has 1 aliphatic heterocycles. The van der Waals surface area contributed by atoms with Crippen LogP contribution in [0.15, 0.2) is 22.9 Å². The van der Waals surface area contributed by atoms with Gasteiger partial charge in [-0.2, -0.15) is 0 Å². The molecule has 20 heavy (non-hydrogen) atoms. The molecular weight excluding hydrogens is 288 g/mol. The van der Waals surface area contributed by atoms with Gasteiger partial charge in [0.25, 0.3) is 0 Å². The molecule has 2 unspecified atom stereocenters. The highest BCUT2D eigenvalue weighted by Crippen LogP contribution is 2.29. The Morgan fingerprint density at radius 2 is 2.30 bits per heavy atom. The van der Waals surface area contributed by atoms with Crippen LogP contribution in [0.25, 0.3) is 9.88 Å². The smallest absolute Gasteiger partial charge is 0.133 e. The number of nitrogens with zero attached hydrogens (tertiary/aromatic N) is 2. The third-order valence-electron chi connectivity index (χ3n) is 4.02. The highest BCUT2D eigenvalue weighted by Gasteiger charge is 2.25. The van der Waals surface area contributed by atoms with E-state index in [0.717, 1.165) is 30.2 Å². The summed E-state index contributed by atoms with van der Waals surface area (Å²) < 4.78 is 0. The van der Waals surface area contributed by atoms with Crippen LogP contribution in [0.1, 0.15) is 25.5 Å². The Morgan fingerprint density at radius 1 is 1.40 bits per heavy atom. The van der Waals surface area contributed by atoms with Crippen molar-refractivity contribution in [2.24, 2.45) is 5.92 Å². The molecule has 0 amide bonds. The fourth-order valence-corrected chi connectivity index (χ4v) is 4.36. The van der Waals surface area contributed by atoms with Gasteiger partial charge < -0.3 is 5.11 Å². The minimum Gasteiger partial charge on any atom is -0.396 e. The molecule has 1 saturated heterocycles. The Morgan fingerprint density at radius 3 is 3.05 bits per heavy atom. The van der Waals surface area contributed by atoms with Gasteiger partial charge in [-0.05, 0) is 37.1 Å². The van der Waals surface area contributed by atoms with E-state index in [2.05, 4.69) is 34.7 Å². The molecule has 2 atom stereocenters. The molecule has 2 aromatic heterocycles. The van der Waals surface area contributed by atoms with Crippen molar-refractivity contribution < 1.29 is 5.11 Å². The van der Waals surface area contributed by atoms with Gasteiger partial charge in [0.1, 0.15) is 5.01 Å². The first-order valence-corrected chi connectivity index (χ1v) is 8.85. The van der Waals surface area contributed by atoms with Gasteiger partial charge >= 0.3 is 0 Å². The van der Waals surface area contributed by atoms with E-state index in [4.69, 9.17) is 4.98 Å². The molecule has 1 fully saturated rings. The quantitative estimate of drug-likeness (QED) is 0.939. The van der Waals surface area contributed by atoms with Crippen molar-refractivity contribution in [3.8, 4) is 9.88 Å². The zero-order valence-corrected chi connectivity index (χ0v) is 13.3. The number of aromatic nitrogens is 1. The highest BCUT2D eigenvalue weighted by molar-refractivity contribution is 7.20. The molecule has 0 aliphatic carbocycles. The second-order valence-corrected chi connectivity index (χ2v) is 7.33. The summed E-state index contributed by atoms with van der Waals surface area (Å²) in [6.45, 7) is 4.48. The van der Waals surface area contributed by atoms with E-state index in [-0.39, 0.29) is 0 Å². The minimum atomic E-state index is 0.306. The van der Waals surface area contributed by atoms with Crippen LogP contribution in [0.5, 0.6) is 0 Å². The van der Waals surface area contributed by atoms with E-state index in [9.17, 15) is 5.11 Å². The maximum Gasteiger partial charge on any atom is 0.133 e. The van der Waals surface area contributed by atoms with Crippen molar-refractivity contribution >= 4 is 22.7 Å². The van der Waals surface area contributed by atoms with Gasteiger partial charge in [0, 0.05) is 31.1 Å². The highest BCUT2D eigenvalue weighted by atomic mass is 32.1. The van der Waals surface area contributed by atoms with Crippen molar-refractivity contribution in [2.75, 3.05) is 13.2 Å². The number of likely N-dealkylation sites (tertiary alicyclic amines) is 1. The number of piperidine rings is 1. The van der Waals surface area contributed by atoms with Crippen LogP contribution in [0.4, 0.5) is 0 Å². The lowest BCUT2D eigenvalue weighted by molar-refractivity contribution is 0.0763. The van der Waals surface area contributed by atoms with Crippen molar-refractivity contribution in [3.63, 3.8) is 0 Å². The predicted octanol–water partition coefficient (Wildman–Crippen LogP) is 3.46. The first-order valence-electron chi connectivity index (χ1n) is 7.09. The van der Waals surface area contributed by atoms with E-state index >= 15 is 0 Å². The van der Waals surface area contributed by atoms with Gasteiger partial charge in [-0.1, -0.05) is 6.07 Å². The Hall–Kier alpha value is -0.750. The van der Waals surface area contributed by atoms with Gasteiger partial charge in [-0.3, -0.25) is 4.90 Å². The van der Waals surface area contributed by atoms with Crippen LogP contribution in [0.3, 0.4) is 0 Å². The van der Waals surface area contributed by atoms with E-state index in [1.54, 1.807) is 22.7 Å². The second kappa shape index (κ2) is 6.35. The number of hydrogen-bond donors (Lipinski definition) is 1. The zero-order chi connectivity index (χ0) is 13.9. The van der Waals surface area contributed by atoms with E-state index in [1.807, 2.05) is 0 Å². The third kappa shape index (κ3) is 3.11. The molecule has 108 valence electrons. The lowest BCUT2D eigenvalue weighted by atomic mass is 9.94. The molecular formula is C15H20N2OS2. The number of hydrogen-bond acceptors (Lipinski definition) is 5. The molecule has 0 radical (unpaired) electrons. The summed E-state index contributed by atoms with van der Waals surface area (Å²) in [5.74, 6) is 0.432. The summed E-state index contributed by atoms with van der Waals surface area (Å²) in [5, 5.41) is 14.7. The van der Waals surface area contributed by atoms with E-state index < -0.39 is 0 Å². The van der Waals surface area contributed by atoms with Crippen molar-refractivity contribution in [1.29, 1.82) is 0 Å². The summed E-state index contributed by atoms with van der Waals surface area (Å²) in [6.07, 6.45) is 2.32. The summed E-state index contributed by atoms with van der Waals surface area (Å²) in [6, 6.07) is 4.78. The molecule has 1 aliphatic rings. The van der Waals surface area contributed by atoms with Crippen molar-refractivity contribution in [3.05, 3.63) is 28.6 Å². The number of thiophene rings is 1. The number of thiazole rings is 1. The lowest BCUT2D eigenvalue weighted by Gasteiger charge is -2.36. The molecule has 3 nitrogen and oxygen atoms in total. The van der Waals surface area contributed by atoms with E-state index in [0.29, 0.717) is 18.6 Å². The molecule has 2 aromatic rings. The van der Waals surface area contributed by atoms with E-state index in [1.165, 1.54) is 11.3 Å². The average Bonchev–Trinajstić information content (AvgIpc) is 3.12. The summed E-state index contributed by atoms with van der Waals surface area (Å²) in [4.78, 5) is 8.46. The average molecular weight is 308 g/mol. The molecule has 5 heteroatoms. The van der Waals surface area contributed by atoms with Gasteiger partial charge in [0.15, 0.2) is 0 Å². The molecule has 3 rings (SSSR count). The van der Waals surface area contributed by atoms with Crippen LogP contribution < -0.4 is 0 Å². The molecule has 1 N–H and O–H groups in total. The molecule has 0 spiro atoms. The standard InChI is InChI=1S/C15H20N2OS2/c1-11-4-5-12(9-18)7-17(11)8-13-10-20-15(16-13)14-3-2-6-19-14/h2-3,6,10-12,18H,4-5,7-9H2,1H3. The predicted molar refractivity (Wildman–Crippen MR) is 85.1 cm³/mol. The first-order chi connectivity index (χ1) is 9.76. The topological polar surface area (TPSA) is 36.4 Å². The fraction of sp³-hybridized carbons (Fsp3) is 0.533. The van der Waals surface area contributed by atoms with Crippen LogP contribution in [-0.2, 0) is 6.54 Å². The minimum absolute atomic E-state index is 0.306. The maximum atomic E-state index is 9.35. The van der Waals surface area contributed by atoms with Crippen LogP contribution in [-0.4, -0.2) is 34.2 Å². The largest absolute Gasteiger partial charge is 0.396 e. The third-order valence-corrected chi connectivity index (χ3v) is 5.95. The van der Waals surface area contributed by atoms with Gasteiger partial charge in [0.05, 0.1) is 10.6 Å². The molecule has 0 saturated carbocycles. The van der Waals surface area contributed by atoms with Crippen LogP contribution >= 0.6 is 22.7 Å². The maximum absolute atomic E-state index is 9.35. The second-order valence-electron chi connectivity index (χ2n) is 5.53. The SMILES string of the molecule is CC1CCC(CO)CN1Cc1csc(-c2cccs2)n1. The zero-order valence-electron chi connectivity index (χ0n) is 11.7. The fourth-order valence-electron chi connectivity index (χ4n) is 2.73. The lowest BCUT2D eigenvalue weighted by Crippen LogP contribution is -2.42. The summed E-state index contributed by atoms with van der Waals surface area (Å²) >= 11 is 3.47. The van der Waals surface area contributed by atoms with Crippen molar-refractivity contribution in [1.82, 2.24) is 9.88 Å². The number of aliphatic hydroxyl groups excluding tert-OH is 1. The number of rotatable bonds is 4. The number of aliphatic hydroxyl groups is 1.